The highest BCUT2D eigenvalue weighted by Gasteiger charge is 2.23. The van der Waals surface area contributed by atoms with E-state index in [2.05, 4.69) is 45.0 Å². The maximum atomic E-state index is 3.63. The van der Waals surface area contributed by atoms with Crippen molar-refractivity contribution >= 4 is 0 Å². The predicted octanol–water partition coefficient (Wildman–Crippen LogP) is 3.38. The highest BCUT2D eigenvalue weighted by molar-refractivity contribution is 4.79. The van der Waals surface area contributed by atoms with Gasteiger partial charge in [0.05, 0.1) is 0 Å². The van der Waals surface area contributed by atoms with Crippen molar-refractivity contribution in [2.24, 2.45) is 17.8 Å². The molecule has 1 aliphatic carbocycles. The molecular formula is C16H34N2. The maximum Gasteiger partial charge on any atom is 0.0240 e. The molecule has 0 aliphatic heterocycles. The summed E-state index contributed by atoms with van der Waals surface area (Å²) in [5.74, 6) is 2.44. The first-order chi connectivity index (χ1) is 8.50. The van der Waals surface area contributed by atoms with Gasteiger partial charge in [-0.3, -0.25) is 0 Å². The summed E-state index contributed by atoms with van der Waals surface area (Å²) in [6.07, 6.45) is 5.82. The van der Waals surface area contributed by atoms with Gasteiger partial charge in [0.25, 0.3) is 0 Å². The Morgan fingerprint density at radius 1 is 1.06 bits per heavy atom. The van der Waals surface area contributed by atoms with Crippen molar-refractivity contribution in [1.82, 2.24) is 10.2 Å². The molecule has 0 radical (unpaired) electrons. The monoisotopic (exact) mass is 254 g/mol. The third-order valence-electron chi connectivity index (χ3n) is 4.26. The molecule has 2 heteroatoms. The van der Waals surface area contributed by atoms with Crippen LogP contribution < -0.4 is 5.32 Å². The molecule has 0 spiro atoms. The third kappa shape index (κ3) is 5.71. The van der Waals surface area contributed by atoms with Crippen molar-refractivity contribution in [3.63, 3.8) is 0 Å². The van der Waals surface area contributed by atoms with Gasteiger partial charge in [0.2, 0.25) is 0 Å². The minimum absolute atomic E-state index is 0.685. The summed E-state index contributed by atoms with van der Waals surface area (Å²) in [6.45, 7) is 12.8. The van der Waals surface area contributed by atoms with Crippen LogP contribution in [-0.2, 0) is 0 Å². The van der Waals surface area contributed by atoms with Crippen molar-refractivity contribution in [2.45, 2.75) is 59.4 Å². The van der Waals surface area contributed by atoms with Gasteiger partial charge in [0, 0.05) is 19.1 Å². The Morgan fingerprint density at radius 3 is 2.17 bits per heavy atom. The SMILES string of the molecule is CC(C)CNCC(C(C)C)N(C)CC1CCCC1. The van der Waals surface area contributed by atoms with Crippen LogP contribution in [0, 0.1) is 17.8 Å². The molecule has 1 unspecified atom stereocenters. The molecule has 108 valence electrons. The number of rotatable bonds is 8. The molecule has 0 aromatic carbocycles. The lowest BCUT2D eigenvalue weighted by molar-refractivity contribution is 0.161. The van der Waals surface area contributed by atoms with Gasteiger partial charge in [-0.2, -0.15) is 0 Å². The van der Waals surface area contributed by atoms with Crippen LogP contribution in [0.2, 0.25) is 0 Å². The van der Waals surface area contributed by atoms with Gasteiger partial charge in [-0.25, -0.2) is 0 Å². The second kappa shape index (κ2) is 8.16. The molecule has 0 saturated heterocycles. The zero-order valence-electron chi connectivity index (χ0n) is 13.2. The van der Waals surface area contributed by atoms with E-state index in [9.17, 15) is 0 Å². The minimum atomic E-state index is 0.685. The van der Waals surface area contributed by atoms with E-state index in [0.29, 0.717) is 6.04 Å². The molecule has 0 heterocycles. The van der Waals surface area contributed by atoms with Crippen LogP contribution in [0.4, 0.5) is 0 Å². The van der Waals surface area contributed by atoms with Gasteiger partial charge in [-0.1, -0.05) is 40.5 Å². The number of hydrogen-bond acceptors (Lipinski definition) is 2. The van der Waals surface area contributed by atoms with Crippen molar-refractivity contribution in [3.8, 4) is 0 Å². The van der Waals surface area contributed by atoms with E-state index in [1.165, 1.54) is 32.2 Å². The van der Waals surface area contributed by atoms with Gasteiger partial charge in [0.1, 0.15) is 0 Å². The Labute approximate surface area is 115 Å². The summed E-state index contributed by atoms with van der Waals surface area (Å²) in [5, 5.41) is 3.63. The van der Waals surface area contributed by atoms with Gasteiger partial charge >= 0.3 is 0 Å². The lowest BCUT2D eigenvalue weighted by Crippen LogP contribution is -2.45. The van der Waals surface area contributed by atoms with Crippen LogP contribution in [0.3, 0.4) is 0 Å². The van der Waals surface area contributed by atoms with Crippen LogP contribution >= 0.6 is 0 Å². The van der Waals surface area contributed by atoms with Crippen LogP contribution in [0.15, 0.2) is 0 Å². The van der Waals surface area contributed by atoms with Crippen molar-refractivity contribution in [1.29, 1.82) is 0 Å². The van der Waals surface area contributed by atoms with E-state index in [4.69, 9.17) is 0 Å². The maximum absolute atomic E-state index is 3.63. The Bertz CT molecular complexity index is 207. The quantitative estimate of drug-likeness (QED) is 0.714. The highest BCUT2D eigenvalue weighted by Crippen LogP contribution is 2.26. The first kappa shape index (κ1) is 16.0. The first-order valence-corrected chi connectivity index (χ1v) is 7.91. The molecule has 0 amide bonds. The Hall–Kier alpha value is -0.0800. The summed E-state index contributed by atoms with van der Waals surface area (Å²) in [6, 6.07) is 0.685. The van der Waals surface area contributed by atoms with Crippen LogP contribution in [0.1, 0.15) is 53.4 Å². The average molecular weight is 254 g/mol. The van der Waals surface area contributed by atoms with Crippen molar-refractivity contribution in [3.05, 3.63) is 0 Å². The van der Waals surface area contributed by atoms with Gasteiger partial charge < -0.3 is 10.2 Å². The predicted molar refractivity (Wildman–Crippen MR) is 80.9 cm³/mol. The van der Waals surface area contributed by atoms with E-state index in [0.717, 1.165) is 30.8 Å². The Kier molecular flexibility index (Phi) is 7.25. The normalized spacial score (nSPS) is 19.3. The zero-order valence-corrected chi connectivity index (χ0v) is 13.2. The standard InChI is InChI=1S/C16H34N2/c1-13(2)10-17-11-16(14(3)4)18(5)12-15-8-6-7-9-15/h13-17H,6-12H2,1-5H3. The number of likely N-dealkylation sites (N-methyl/N-ethyl adjacent to an activating group) is 1. The third-order valence-corrected chi connectivity index (χ3v) is 4.26. The number of hydrogen-bond donors (Lipinski definition) is 1. The second-order valence-corrected chi connectivity index (χ2v) is 6.95. The summed E-state index contributed by atoms with van der Waals surface area (Å²) < 4.78 is 0. The molecule has 1 aliphatic rings. The molecule has 1 fully saturated rings. The van der Waals surface area contributed by atoms with Gasteiger partial charge in [0.15, 0.2) is 0 Å². The topological polar surface area (TPSA) is 15.3 Å². The lowest BCUT2D eigenvalue weighted by atomic mass is 10.00. The molecule has 2 nitrogen and oxygen atoms in total. The van der Waals surface area contributed by atoms with E-state index >= 15 is 0 Å². The molecule has 0 bridgehead atoms. The molecule has 1 atom stereocenters. The van der Waals surface area contributed by atoms with E-state index in [1.54, 1.807) is 0 Å². The summed E-state index contributed by atoms with van der Waals surface area (Å²) in [7, 11) is 2.32. The fraction of sp³-hybridized carbons (Fsp3) is 1.00. The summed E-state index contributed by atoms with van der Waals surface area (Å²) in [5.41, 5.74) is 0. The van der Waals surface area contributed by atoms with Crippen LogP contribution in [-0.4, -0.2) is 37.6 Å². The average Bonchev–Trinajstić information content (AvgIpc) is 2.75. The second-order valence-electron chi connectivity index (χ2n) is 6.95. The van der Waals surface area contributed by atoms with Crippen LogP contribution in [0.5, 0.6) is 0 Å². The minimum Gasteiger partial charge on any atom is -0.315 e. The first-order valence-electron chi connectivity index (χ1n) is 7.91. The Morgan fingerprint density at radius 2 is 1.67 bits per heavy atom. The molecule has 0 aromatic heterocycles. The number of nitrogens with zero attached hydrogens (tertiary/aromatic N) is 1. The number of nitrogens with one attached hydrogen (secondary N) is 1. The Balaban J connectivity index is 2.34. The van der Waals surface area contributed by atoms with Gasteiger partial charge in [-0.05, 0) is 44.2 Å². The van der Waals surface area contributed by atoms with Crippen LogP contribution in [0.25, 0.3) is 0 Å². The smallest absolute Gasteiger partial charge is 0.0240 e. The highest BCUT2D eigenvalue weighted by atomic mass is 15.2. The van der Waals surface area contributed by atoms with E-state index < -0.39 is 0 Å². The zero-order chi connectivity index (χ0) is 13.5. The fourth-order valence-electron chi connectivity index (χ4n) is 3.16. The van der Waals surface area contributed by atoms with Gasteiger partial charge in [-0.15, -0.1) is 0 Å². The molecule has 1 rings (SSSR count). The molecule has 0 aromatic rings. The molecule has 18 heavy (non-hydrogen) atoms. The molecular weight excluding hydrogens is 220 g/mol. The molecule has 1 N–H and O–H groups in total. The summed E-state index contributed by atoms with van der Waals surface area (Å²) in [4.78, 5) is 2.61. The van der Waals surface area contributed by atoms with Crippen molar-refractivity contribution < 1.29 is 0 Å². The largest absolute Gasteiger partial charge is 0.315 e. The summed E-state index contributed by atoms with van der Waals surface area (Å²) >= 11 is 0. The lowest BCUT2D eigenvalue weighted by Gasteiger charge is -2.33. The van der Waals surface area contributed by atoms with E-state index in [-0.39, 0.29) is 0 Å². The van der Waals surface area contributed by atoms with Crippen molar-refractivity contribution in [2.75, 3.05) is 26.7 Å². The van der Waals surface area contributed by atoms with E-state index in [1.807, 2.05) is 0 Å². The molecule has 1 saturated carbocycles. The fourth-order valence-corrected chi connectivity index (χ4v) is 3.16.